The first-order valence-electron chi connectivity index (χ1n) is 2.94. The summed E-state index contributed by atoms with van der Waals surface area (Å²) in [5, 5.41) is 0.577. The summed E-state index contributed by atoms with van der Waals surface area (Å²) < 4.78 is 5.83. The number of nitrogen functional groups attached to an aromatic ring is 1. The van der Waals surface area contributed by atoms with E-state index in [4.69, 9.17) is 22.1 Å². The Morgan fingerprint density at radius 1 is 1.55 bits per heavy atom. The normalized spacial score (nSPS) is 9.73. The quantitative estimate of drug-likeness (QED) is 0.635. The van der Waals surface area contributed by atoms with Crippen molar-refractivity contribution in [3.8, 4) is 5.75 Å². The van der Waals surface area contributed by atoms with Gasteiger partial charge in [-0.05, 0) is 34.7 Å². The van der Waals surface area contributed by atoms with Gasteiger partial charge in [0.05, 0.1) is 15.7 Å². The number of benzene rings is 1. The Balaban J connectivity index is 3.25. The lowest BCUT2D eigenvalue weighted by atomic mass is 10.3. The minimum absolute atomic E-state index is 0.577. The number of anilines is 1. The van der Waals surface area contributed by atoms with Crippen molar-refractivity contribution in [1.29, 1.82) is 0 Å². The molecule has 0 fully saturated rings. The zero-order valence-corrected chi connectivity index (χ0v) is 8.81. The molecule has 11 heavy (non-hydrogen) atoms. The van der Waals surface area contributed by atoms with Crippen LogP contribution in [0.2, 0.25) is 5.02 Å². The summed E-state index contributed by atoms with van der Waals surface area (Å²) in [5.41, 5.74) is 6.27. The molecule has 0 spiro atoms. The molecular weight excluding hydrogens is 276 g/mol. The predicted molar refractivity (Wildman–Crippen MR) is 55.1 cm³/mol. The van der Waals surface area contributed by atoms with Crippen LogP contribution < -0.4 is 10.5 Å². The topological polar surface area (TPSA) is 35.2 Å². The van der Waals surface area contributed by atoms with E-state index in [1.165, 1.54) is 0 Å². The zero-order valence-electron chi connectivity index (χ0n) is 5.90. The molecular formula is C7H7ClINO. The lowest BCUT2D eigenvalue weighted by molar-refractivity contribution is 0.415. The predicted octanol–water partition coefficient (Wildman–Crippen LogP) is 2.54. The molecule has 0 unspecified atom stereocenters. The van der Waals surface area contributed by atoms with Crippen LogP contribution in [-0.2, 0) is 0 Å². The number of ether oxygens (including phenoxy) is 1. The molecule has 0 amide bonds. The number of halogens is 2. The molecule has 1 rings (SSSR count). The monoisotopic (exact) mass is 283 g/mol. The molecule has 0 aromatic heterocycles. The fourth-order valence-electron chi connectivity index (χ4n) is 0.704. The van der Waals surface area contributed by atoms with Crippen LogP contribution in [0.15, 0.2) is 12.1 Å². The Kier molecular flexibility index (Phi) is 2.84. The van der Waals surface area contributed by atoms with E-state index in [1.54, 1.807) is 19.2 Å². The molecule has 2 nitrogen and oxygen atoms in total. The molecule has 0 bridgehead atoms. The Hall–Kier alpha value is -0.160. The van der Waals surface area contributed by atoms with Crippen molar-refractivity contribution in [2.45, 2.75) is 0 Å². The second-order valence-corrected chi connectivity index (χ2v) is 3.44. The van der Waals surface area contributed by atoms with Gasteiger partial charge < -0.3 is 10.5 Å². The third-order valence-electron chi connectivity index (χ3n) is 1.30. The fourth-order valence-corrected chi connectivity index (χ4v) is 1.40. The molecule has 0 atom stereocenters. The average molecular weight is 283 g/mol. The second-order valence-electron chi connectivity index (χ2n) is 1.99. The van der Waals surface area contributed by atoms with E-state index in [1.807, 2.05) is 0 Å². The van der Waals surface area contributed by atoms with Gasteiger partial charge in [0, 0.05) is 5.69 Å². The smallest absolute Gasteiger partial charge is 0.138 e. The maximum atomic E-state index is 5.89. The van der Waals surface area contributed by atoms with Crippen molar-refractivity contribution in [1.82, 2.24) is 0 Å². The third kappa shape index (κ3) is 1.70. The molecule has 1 aromatic rings. The van der Waals surface area contributed by atoms with E-state index in [-0.39, 0.29) is 0 Å². The Labute approximate surface area is 83.8 Å². The van der Waals surface area contributed by atoms with E-state index >= 15 is 0 Å². The van der Waals surface area contributed by atoms with Gasteiger partial charge in [0.15, 0.2) is 0 Å². The number of hydrogen-bond donors (Lipinski definition) is 1. The molecule has 60 valence electrons. The Morgan fingerprint density at radius 3 is 2.73 bits per heavy atom. The lowest BCUT2D eigenvalue weighted by Crippen LogP contribution is -1.92. The molecule has 1 aromatic carbocycles. The number of rotatable bonds is 1. The molecule has 0 radical (unpaired) electrons. The van der Waals surface area contributed by atoms with Crippen LogP contribution in [0.5, 0.6) is 5.75 Å². The highest BCUT2D eigenvalue weighted by Crippen LogP contribution is 2.32. The van der Waals surface area contributed by atoms with Crippen LogP contribution in [0.25, 0.3) is 0 Å². The van der Waals surface area contributed by atoms with Gasteiger partial charge in [-0.25, -0.2) is 0 Å². The minimum Gasteiger partial charge on any atom is -0.495 e. The summed E-state index contributed by atoms with van der Waals surface area (Å²) >= 11 is 7.97. The fraction of sp³-hybridized carbons (Fsp3) is 0.143. The second kappa shape index (κ2) is 3.49. The number of methoxy groups -OCH3 is 1. The largest absolute Gasteiger partial charge is 0.495 e. The first kappa shape index (κ1) is 8.93. The van der Waals surface area contributed by atoms with E-state index in [9.17, 15) is 0 Å². The maximum Gasteiger partial charge on any atom is 0.138 e. The van der Waals surface area contributed by atoms with Crippen molar-refractivity contribution < 1.29 is 4.74 Å². The molecule has 0 aliphatic rings. The highest BCUT2D eigenvalue weighted by Gasteiger charge is 2.06. The first-order valence-corrected chi connectivity index (χ1v) is 4.40. The van der Waals surface area contributed by atoms with Crippen molar-refractivity contribution >= 4 is 39.9 Å². The zero-order chi connectivity index (χ0) is 8.43. The molecule has 0 saturated carbocycles. The summed E-state index contributed by atoms with van der Waals surface area (Å²) in [6, 6.07) is 3.52. The lowest BCUT2D eigenvalue weighted by Gasteiger charge is -2.05. The van der Waals surface area contributed by atoms with Gasteiger partial charge in [0.2, 0.25) is 0 Å². The Bertz CT molecular complexity index is 277. The summed E-state index contributed by atoms with van der Waals surface area (Å²) in [7, 11) is 1.58. The standard InChI is InChI=1S/C7H7ClINO/c1-11-5-3-2-4(10)7(9)6(5)8/h2-3H,10H2,1H3. The van der Waals surface area contributed by atoms with E-state index in [0.29, 0.717) is 16.5 Å². The van der Waals surface area contributed by atoms with Gasteiger partial charge in [-0.15, -0.1) is 0 Å². The van der Waals surface area contributed by atoms with Crippen molar-refractivity contribution in [2.24, 2.45) is 0 Å². The van der Waals surface area contributed by atoms with Gasteiger partial charge in [-0.1, -0.05) is 11.6 Å². The van der Waals surface area contributed by atoms with Gasteiger partial charge in [0.25, 0.3) is 0 Å². The van der Waals surface area contributed by atoms with Crippen LogP contribution in [0, 0.1) is 3.57 Å². The van der Waals surface area contributed by atoms with Crippen LogP contribution in [0.3, 0.4) is 0 Å². The molecule has 0 aliphatic carbocycles. The van der Waals surface area contributed by atoms with Gasteiger partial charge in [0.1, 0.15) is 5.75 Å². The van der Waals surface area contributed by atoms with E-state index in [0.717, 1.165) is 3.57 Å². The average Bonchev–Trinajstić information content (AvgIpc) is 2.01. The molecule has 2 N–H and O–H groups in total. The molecule has 0 aliphatic heterocycles. The van der Waals surface area contributed by atoms with Crippen LogP contribution in [0.4, 0.5) is 5.69 Å². The van der Waals surface area contributed by atoms with Crippen molar-refractivity contribution in [2.75, 3.05) is 12.8 Å². The van der Waals surface area contributed by atoms with Crippen LogP contribution >= 0.6 is 34.2 Å². The van der Waals surface area contributed by atoms with Crippen LogP contribution in [0.1, 0.15) is 0 Å². The van der Waals surface area contributed by atoms with Gasteiger partial charge >= 0.3 is 0 Å². The van der Waals surface area contributed by atoms with Crippen molar-refractivity contribution in [3.63, 3.8) is 0 Å². The molecule has 0 saturated heterocycles. The van der Waals surface area contributed by atoms with Crippen LogP contribution in [-0.4, -0.2) is 7.11 Å². The Morgan fingerprint density at radius 2 is 2.18 bits per heavy atom. The summed E-state index contributed by atoms with van der Waals surface area (Å²) in [4.78, 5) is 0. The summed E-state index contributed by atoms with van der Waals surface area (Å²) in [6.07, 6.45) is 0. The SMILES string of the molecule is COc1ccc(N)c(I)c1Cl. The molecule has 0 heterocycles. The van der Waals surface area contributed by atoms with Crippen molar-refractivity contribution in [3.05, 3.63) is 20.7 Å². The number of nitrogens with two attached hydrogens (primary N) is 1. The van der Waals surface area contributed by atoms with E-state index < -0.39 is 0 Å². The third-order valence-corrected chi connectivity index (χ3v) is 3.15. The maximum absolute atomic E-state index is 5.89. The van der Waals surface area contributed by atoms with E-state index in [2.05, 4.69) is 22.6 Å². The minimum atomic E-state index is 0.577. The highest BCUT2D eigenvalue weighted by molar-refractivity contribution is 14.1. The summed E-state index contributed by atoms with van der Waals surface area (Å²) in [5.74, 6) is 0.658. The summed E-state index contributed by atoms with van der Waals surface area (Å²) in [6.45, 7) is 0. The van der Waals surface area contributed by atoms with Gasteiger partial charge in [-0.2, -0.15) is 0 Å². The number of hydrogen-bond acceptors (Lipinski definition) is 2. The van der Waals surface area contributed by atoms with Gasteiger partial charge in [-0.3, -0.25) is 0 Å². The highest BCUT2D eigenvalue weighted by atomic mass is 127. The molecule has 4 heteroatoms. The first-order chi connectivity index (χ1) is 5.16.